The third-order valence-corrected chi connectivity index (χ3v) is 2.85. The Morgan fingerprint density at radius 1 is 1.08 bits per heavy atom. The predicted molar refractivity (Wildman–Crippen MR) is 49.5 cm³/mol. The molecule has 0 aromatic rings. The van der Waals surface area contributed by atoms with Crippen LogP contribution >= 0.6 is 0 Å². The number of rotatable bonds is 2. The monoisotopic (exact) mass is 186 g/mol. The maximum Gasteiger partial charge on any atom is 0.332 e. The molecule has 2 N–H and O–H groups in total. The maximum atomic E-state index is 10.5. The molecule has 3 nitrogen and oxygen atoms in total. The zero-order valence-corrected chi connectivity index (χ0v) is 7.91. The second-order valence-electron chi connectivity index (χ2n) is 3.89. The minimum Gasteiger partial charge on any atom is -0.479 e. The summed E-state index contributed by atoms with van der Waals surface area (Å²) in [6, 6.07) is 0. The van der Waals surface area contributed by atoms with Crippen molar-refractivity contribution < 1.29 is 15.0 Å². The molecule has 0 spiro atoms. The van der Waals surface area contributed by atoms with Gasteiger partial charge in [-0.1, -0.05) is 32.1 Å². The molecule has 1 saturated carbocycles. The minimum atomic E-state index is -1.14. The highest BCUT2D eigenvalue weighted by Crippen LogP contribution is 2.24. The minimum absolute atomic E-state index is 0.0159. The highest BCUT2D eigenvalue weighted by Gasteiger charge is 2.25. The van der Waals surface area contributed by atoms with Crippen LogP contribution < -0.4 is 0 Å². The lowest BCUT2D eigenvalue weighted by atomic mass is 9.87. The Bertz CT molecular complexity index is 160. The van der Waals surface area contributed by atoms with E-state index in [4.69, 9.17) is 5.11 Å². The van der Waals surface area contributed by atoms with Gasteiger partial charge in [0.05, 0.1) is 0 Å². The van der Waals surface area contributed by atoms with E-state index in [2.05, 4.69) is 0 Å². The molecule has 1 aliphatic rings. The highest BCUT2D eigenvalue weighted by atomic mass is 16.4. The molecule has 3 heteroatoms. The number of aliphatic hydroxyl groups is 1. The van der Waals surface area contributed by atoms with Crippen LogP contribution in [0.25, 0.3) is 0 Å². The van der Waals surface area contributed by atoms with Crippen LogP contribution in [0.2, 0.25) is 0 Å². The van der Waals surface area contributed by atoms with Gasteiger partial charge in [-0.15, -0.1) is 0 Å². The topological polar surface area (TPSA) is 57.5 Å². The lowest BCUT2D eigenvalue weighted by molar-refractivity contribution is -0.150. The van der Waals surface area contributed by atoms with Crippen LogP contribution in [0.3, 0.4) is 0 Å². The van der Waals surface area contributed by atoms with E-state index in [-0.39, 0.29) is 5.92 Å². The van der Waals surface area contributed by atoms with Crippen molar-refractivity contribution >= 4 is 5.97 Å². The number of hydrogen-bond donors (Lipinski definition) is 2. The van der Waals surface area contributed by atoms with Crippen molar-refractivity contribution in [3.05, 3.63) is 0 Å². The molecule has 0 saturated heterocycles. The van der Waals surface area contributed by atoms with Crippen LogP contribution in [-0.4, -0.2) is 22.3 Å². The van der Waals surface area contributed by atoms with E-state index in [0.29, 0.717) is 0 Å². The molecule has 1 rings (SSSR count). The van der Waals surface area contributed by atoms with Crippen molar-refractivity contribution in [2.45, 2.75) is 51.0 Å². The van der Waals surface area contributed by atoms with Crippen molar-refractivity contribution in [2.24, 2.45) is 5.92 Å². The SMILES string of the molecule is O=C(O)[C@@H](O)C1CCCCCCC1. The molecule has 0 unspecified atom stereocenters. The summed E-state index contributed by atoms with van der Waals surface area (Å²) >= 11 is 0. The molecule has 0 aromatic carbocycles. The Morgan fingerprint density at radius 3 is 2.00 bits per heavy atom. The van der Waals surface area contributed by atoms with Crippen LogP contribution in [0.15, 0.2) is 0 Å². The van der Waals surface area contributed by atoms with Gasteiger partial charge >= 0.3 is 5.97 Å². The van der Waals surface area contributed by atoms with Gasteiger partial charge in [-0.2, -0.15) is 0 Å². The summed E-state index contributed by atoms with van der Waals surface area (Å²) in [7, 11) is 0. The molecule has 1 aliphatic carbocycles. The average molecular weight is 186 g/mol. The molecule has 1 atom stereocenters. The Hall–Kier alpha value is -0.570. The molecule has 0 heterocycles. The molecule has 0 radical (unpaired) electrons. The molecule has 0 aromatic heterocycles. The van der Waals surface area contributed by atoms with E-state index < -0.39 is 12.1 Å². The average Bonchev–Trinajstić information content (AvgIpc) is 2.02. The zero-order chi connectivity index (χ0) is 9.68. The van der Waals surface area contributed by atoms with Gasteiger partial charge in [-0.3, -0.25) is 0 Å². The fourth-order valence-corrected chi connectivity index (χ4v) is 2.01. The van der Waals surface area contributed by atoms with Crippen LogP contribution in [0.5, 0.6) is 0 Å². The third kappa shape index (κ3) is 3.35. The lowest BCUT2D eigenvalue weighted by Crippen LogP contribution is -2.29. The number of carboxylic acid groups (broad SMARTS) is 1. The number of carbonyl (C=O) groups is 1. The van der Waals surface area contributed by atoms with Gasteiger partial charge < -0.3 is 10.2 Å². The van der Waals surface area contributed by atoms with Gasteiger partial charge in [0.2, 0.25) is 0 Å². The van der Waals surface area contributed by atoms with Crippen molar-refractivity contribution in [2.75, 3.05) is 0 Å². The van der Waals surface area contributed by atoms with Gasteiger partial charge in [0.25, 0.3) is 0 Å². The van der Waals surface area contributed by atoms with Gasteiger partial charge in [0.15, 0.2) is 6.10 Å². The molecular formula is C10H18O3. The first kappa shape index (κ1) is 10.5. The lowest BCUT2D eigenvalue weighted by Gasteiger charge is -2.21. The van der Waals surface area contributed by atoms with Crippen LogP contribution in [0.1, 0.15) is 44.9 Å². The summed E-state index contributed by atoms with van der Waals surface area (Å²) in [6.07, 6.45) is 6.35. The fraction of sp³-hybridized carbons (Fsp3) is 0.900. The number of aliphatic hydroxyl groups excluding tert-OH is 1. The van der Waals surface area contributed by atoms with E-state index in [0.717, 1.165) is 25.7 Å². The molecule has 0 aliphatic heterocycles. The molecule has 76 valence electrons. The van der Waals surface area contributed by atoms with E-state index in [1.807, 2.05) is 0 Å². The standard InChI is InChI=1S/C10H18O3/c11-9(10(12)13)8-6-4-2-1-3-5-7-8/h8-9,11H,1-7H2,(H,12,13)/t9-/m0/s1. The van der Waals surface area contributed by atoms with Crippen LogP contribution in [0.4, 0.5) is 0 Å². The smallest absolute Gasteiger partial charge is 0.332 e. The quantitative estimate of drug-likeness (QED) is 0.691. The molecule has 1 fully saturated rings. The number of carboxylic acids is 1. The van der Waals surface area contributed by atoms with Crippen LogP contribution in [-0.2, 0) is 4.79 Å². The summed E-state index contributed by atoms with van der Waals surface area (Å²) in [4.78, 5) is 10.5. The zero-order valence-electron chi connectivity index (χ0n) is 7.91. The summed E-state index contributed by atoms with van der Waals surface area (Å²) < 4.78 is 0. The first-order chi connectivity index (χ1) is 6.22. The largest absolute Gasteiger partial charge is 0.479 e. The summed E-state index contributed by atoms with van der Waals surface area (Å²) in [5.41, 5.74) is 0. The van der Waals surface area contributed by atoms with E-state index in [1.54, 1.807) is 0 Å². The molecule has 0 bridgehead atoms. The maximum absolute atomic E-state index is 10.5. The first-order valence-electron chi connectivity index (χ1n) is 5.12. The Balaban J connectivity index is 2.40. The summed E-state index contributed by atoms with van der Waals surface area (Å²) in [5, 5.41) is 18.0. The highest BCUT2D eigenvalue weighted by molar-refractivity contribution is 5.72. The second kappa shape index (κ2) is 5.22. The molecule has 13 heavy (non-hydrogen) atoms. The van der Waals surface area contributed by atoms with E-state index >= 15 is 0 Å². The van der Waals surface area contributed by atoms with E-state index in [9.17, 15) is 9.90 Å². The molecular weight excluding hydrogens is 168 g/mol. The first-order valence-corrected chi connectivity index (χ1v) is 5.12. The number of aliphatic carboxylic acids is 1. The van der Waals surface area contributed by atoms with Gasteiger partial charge in [-0.25, -0.2) is 4.79 Å². The van der Waals surface area contributed by atoms with Gasteiger partial charge in [0, 0.05) is 0 Å². The normalized spacial score (nSPS) is 23.2. The fourth-order valence-electron chi connectivity index (χ4n) is 2.01. The van der Waals surface area contributed by atoms with Crippen molar-refractivity contribution in [1.82, 2.24) is 0 Å². The van der Waals surface area contributed by atoms with E-state index in [1.165, 1.54) is 19.3 Å². The third-order valence-electron chi connectivity index (χ3n) is 2.85. The Morgan fingerprint density at radius 2 is 1.54 bits per heavy atom. The van der Waals surface area contributed by atoms with Crippen molar-refractivity contribution in [3.8, 4) is 0 Å². The second-order valence-corrected chi connectivity index (χ2v) is 3.89. The Kier molecular flexibility index (Phi) is 4.22. The summed E-state index contributed by atoms with van der Waals surface area (Å²) in [6.45, 7) is 0. The molecule has 0 amide bonds. The van der Waals surface area contributed by atoms with Gasteiger partial charge in [-0.05, 0) is 18.8 Å². The van der Waals surface area contributed by atoms with Crippen molar-refractivity contribution in [1.29, 1.82) is 0 Å². The predicted octanol–water partition coefficient (Wildman–Crippen LogP) is 1.79. The van der Waals surface area contributed by atoms with Crippen molar-refractivity contribution in [3.63, 3.8) is 0 Å². The summed E-state index contributed by atoms with van der Waals surface area (Å²) in [5.74, 6) is -1.08. The van der Waals surface area contributed by atoms with Crippen LogP contribution in [0, 0.1) is 5.92 Å². The Labute approximate surface area is 78.8 Å². The number of hydrogen-bond acceptors (Lipinski definition) is 2. The van der Waals surface area contributed by atoms with Gasteiger partial charge in [0.1, 0.15) is 0 Å².